The Hall–Kier alpha value is -1.43. The smallest absolute Gasteiger partial charge is 0.239 e. The summed E-state index contributed by atoms with van der Waals surface area (Å²) in [6, 6.07) is 8.85. The normalized spacial score (nSPS) is 42.8. The number of likely N-dealkylation sites (N-methyl/N-ethyl adjacent to an activating group) is 1. The van der Waals surface area contributed by atoms with Gasteiger partial charge in [-0.25, -0.2) is 0 Å². The fraction of sp³-hybridized carbons (Fsp3) is 0.650. The Bertz CT molecular complexity index is 721. The van der Waals surface area contributed by atoms with Crippen LogP contribution in [0.25, 0.3) is 0 Å². The van der Waals surface area contributed by atoms with E-state index in [0.29, 0.717) is 24.6 Å². The van der Waals surface area contributed by atoms with E-state index in [9.17, 15) is 9.90 Å². The zero-order valence-corrected chi connectivity index (χ0v) is 14.9. The number of nitrogens with zero attached hydrogens (tertiary/aromatic N) is 2. The van der Waals surface area contributed by atoms with Gasteiger partial charge in [-0.3, -0.25) is 9.69 Å². The van der Waals surface area contributed by atoms with Crippen molar-refractivity contribution in [1.82, 2.24) is 4.90 Å². The molecule has 1 aromatic carbocycles. The molecule has 1 N–H and O–H groups in total. The third-order valence-corrected chi connectivity index (χ3v) is 7.18. The van der Waals surface area contributed by atoms with Gasteiger partial charge in [0.2, 0.25) is 5.91 Å². The van der Waals surface area contributed by atoms with Gasteiger partial charge in [0, 0.05) is 30.7 Å². The topological polar surface area (TPSA) is 53.0 Å². The highest BCUT2D eigenvalue weighted by Crippen LogP contribution is 2.59. The predicted octanol–water partition coefficient (Wildman–Crippen LogP) is 1.74. The van der Waals surface area contributed by atoms with Crippen LogP contribution in [0.3, 0.4) is 0 Å². The molecule has 1 unspecified atom stereocenters. The van der Waals surface area contributed by atoms with Gasteiger partial charge in [-0.1, -0.05) is 18.2 Å². The number of fused-ring (bicyclic) bond motifs is 3. The van der Waals surface area contributed by atoms with Crippen molar-refractivity contribution < 1.29 is 14.6 Å². The minimum atomic E-state index is -0.435. The van der Waals surface area contributed by atoms with E-state index in [1.54, 1.807) is 0 Å². The van der Waals surface area contributed by atoms with Crippen molar-refractivity contribution in [3.63, 3.8) is 0 Å². The summed E-state index contributed by atoms with van der Waals surface area (Å²) in [5, 5.41) is 9.97. The predicted molar refractivity (Wildman–Crippen MR) is 94.3 cm³/mol. The number of carbonyl (C=O) groups excluding carboxylic acids is 1. The standard InChI is InChI=1S/C20H26N2O3/c1-12(23)7-13-8-18-20(9-17-14(13)10-25-11-22(17)18)15-5-3-4-6-16(15)21(2)19(20)24/h3-6,12-14,17-18,23H,7-11H2,1-2H3/t12-,13-,14-,17+,18+,20-/m0/s1. The van der Waals surface area contributed by atoms with E-state index >= 15 is 0 Å². The molecule has 0 aliphatic carbocycles. The first-order chi connectivity index (χ1) is 12.0. The van der Waals surface area contributed by atoms with Crippen molar-refractivity contribution in [3.05, 3.63) is 29.8 Å². The second-order valence-electron chi connectivity index (χ2n) is 8.40. The van der Waals surface area contributed by atoms with Crippen LogP contribution in [0, 0.1) is 11.8 Å². The van der Waals surface area contributed by atoms with Gasteiger partial charge in [-0.2, -0.15) is 0 Å². The first kappa shape index (κ1) is 15.8. The summed E-state index contributed by atoms with van der Waals surface area (Å²) in [6.45, 7) is 3.26. The van der Waals surface area contributed by atoms with Gasteiger partial charge in [0.15, 0.2) is 0 Å². The highest BCUT2D eigenvalue weighted by Gasteiger charge is 2.67. The Labute approximate surface area is 148 Å². The van der Waals surface area contributed by atoms with Crippen LogP contribution in [0.1, 0.15) is 31.7 Å². The number of rotatable bonds is 2. The Morgan fingerprint density at radius 2 is 2.20 bits per heavy atom. The van der Waals surface area contributed by atoms with Crippen molar-refractivity contribution in [3.8, 4) is 0 Å². The molecule has 5 heteroatoms. The van der Waals surface area contributed by atoms with Crippen molar-refractivity contribution in [2.45, 2.75) is 49.8 Å². The van der Waals surface area contributed by atoms with E-state index in [2.05, 4.69) is 23.1 Å². The molecule has 1 spiro atoms. The number of hydrogen-bond donors (Lipinski definition) is 1. The highest BCUT2D eigenvalue weighted by atomic mass is 16.5. The molecule has 5 nitrogen and oxygen atoms in total. The molecule has 4 heterocycles. The Balaban J connectivity index is 1.62. The summed E-state index contributed by atoms with van der Waals surface area (Å²) in [7, 11) is 1.91. The fourth-order valence-corrected chi connectivity index (χ4v) is 6.23. The average molecular weight is 342 g/mol. The van der Waals surface area contributed by atoms with Gasteiger partial charge >= 0.3 is 0 Å². The average Bonchev–Trinajstić information content (AvgIpc) is 2.96. The third kappa shape index (κ3) is 1.92. The molecular formula is C20H26N2O3. The second kappa shape index (κ2) is 5.29. The van der Waals surface area contributed by atoms with E-state index in [1.807, 2.05) is 24.9 Å². The SMILES string of the molecule is C[C@H](O)C[C@H]1C[C@H]2N3COC[C@@H]1[C@H]3C[C@@]21C(=O)N(C)c2ccccc21. The Morgan fingerprint density at radius 3 is 3.00 bits per heavy atom. The number of amides is 1. The molecule has 4 aliphatic rings. The zero-order valence-electron chi connectivity index (χ0n) is 14.9. The van der Waals surface area contributed by atoms with Crippen LogP contribution in [0.4, 0.5) is 5.69 Å². The summed E-state index contributed by atoms with van der Waals surface area (Å²) in [4.78, 5) is 17.8. The first-order valence-corrected chi connectivity index (χ1v) is 9.43. The molecule has 3 saturated heterocycles. The molecule has 5 rings (SSSR count). The molecule has 4 aliphatic heterocycles. The van der Waals surface area contributed by atoms with Crippen LogP contribution in [-0.4, -0.2) is 54.5 Å². The lowest BCUT2D eigenvalue weighted by atomic mass is 9.72. The van der Waals surface area contributed by atoms with Crippen molar-refractivity contribution in [2.24, 2.45) is 11.8 Å². The van der Waals surface area contributed by atoms with Crippen LogP contribution in [0.2, 0.25) is 0 Å². The molecule has 0 saturated carbocycles. The summed E-state index contributed by atoms with van der Waals surface area (Å²) in [6.07, 6.45) is 2.37. The van der Waals surface area contributed by atoms with Crippen LogP contribution < -0.4 is 4.90 Å². The van der Waals surface area contributed by atoms with Crippen LogP contribution >= 0.6 is 0 Å². The minimum absolute atomic E-state index is 0.177. The van der Waals surface area contributed by atoms with Gasteiger partial charge in [0.05, 0.1) is 24.9 Å². The van der Waals surface area contributed by atoms with E-state index in [4.69, 9.17) is 4.74 Å². The number of aliphatic hydroxyl groups is 1. The van der Waals surface area contributed by atoms with Gasteiger partial charge in [-0.05, 0) is 43.7 Å². The maximum Gasteiger partial charge on any atom is 0.239 e. The lowest BCUT2D eigenvalue weighted by molar-refractivity contribution is -0.138. The highest BCUT2D eigenvalue weighted by molar-refractivity contribution is 6.08. The van der Waals surface area contributed by atoms with Crippen LogP contribution in [0.5, 0.6) is 0 Å². The monoisotopic (exact) mass is 342 g/mol. The maximum absolute atomic E-state index is 13.5. The number of hydrogen-bond acceptors (Lipinski definition) is 4. The number of piperidine rings is 1. The van der Waals surface area contributed by atoms with Gasteiger partial charge in [0.1, 0.15) is 0 Å². The molecule has 1 amide bonds. The minimum Gasteiger partial charge on any atom is -0.393 e. The first-order valence-electron chi connectivity index (χ1n) is 9.43. The number of ether oxygens (including phenoxy) is 1. The van der Waals surface area contributed by atoms with E-state index < -0.39 is 5.41 Å². The molecule has 4 bridgehead atoms. The summed E-state index contributed by atoms with van der Waals surface area (Å²) in [5.41, 5.74) is 1.82. The number of para-hydroxylation sites is 1. The number of carbonyl (C=O) groups is 1. The van der Waals surface area contributed by atoms with E-state index in [-0.39, 0.29) is 18.1 Å². The lowest BCUT2D eigenvalue weighted by Gasteiger charge is -2.49. The summed E-state index contributed by atoms with van der Waals surface area (Å²) in [5.74, 6) is 1.09. The number of anilines is 1. The number of benzene rings is 1. The van der Waals surface area contributed by atoms with E-state index in [1.165, 1.54) is 5.56 Å². The van der Waals surface area contributed by atoms with E-state index in [0.717, 1.165) is 31.6 Å². The Morgan fingerprint density at radius 1 is 1.40 bits per heavy atom. The van der Waals surface area contributed by atoms with Crippen molar-refractivity contribution in [1.29, 1.82) is 0 Å². The number of aliphatic hydroxyl groups excluding tert-OH is 1. The van der Waals surface area contributed by atoms with Gasteiger partial charge in [-0.15, -0.1) is 0 Å². The molecule has 134 valence electrons. The second-order valence-corrected chi connectivity index (χ2v) is 8.40. The zero-order chi connectivity index (χ0) is 17.3. The molecular weight excluding hydrogens is 316 g/mol. The van der Waals surface area contributed by atoms with Gasteiger partial charge < -0.3 is 14.7 Å². The molecule has 1 aromatic rings. The molecule has 25 heavy (non-hydrogen) atoms. The van der Waals surface area contributed by atoms with Crippen LogP contribution in [-0.2, 0) is 14.9 Å². The Kier molecular flexibility index (Phi) is 3.34. The van der Waals surface area contributed by atoms with Crippen LogP contribution in [0.15, 0.2) is 24.3 Å². The molecule has 3 fully saturated rings. The molecule has 7 atom stereocenters. The van der Waals surface area contributed by atoms with Crippen molar-refractivity contribution in [2.75, 3.05) is 25.3 Å². The summed E-state index contributed by atoms with van der Waals surface area (Å²) < 4.78 is 5.90. The molecule has 0 aromatic heterocycles. The van der Waals surface area contributed by atoms with Gasteiger partial charge in [0.25, 0.3) is 0 Å². The van der Waals surface area contributed by atoms with Crippen molar-refractivity contribution >= 4 is 11.6 Å². The lowest BCUT2D eigenvalue weighted by Crippen LogP contribution is -2.58. The fourth-order valence-electron chi connectivity index (χ4n) is 6.23. The summed E-state index contributed by atoms with van der Waals surface area (Å²) >= 11 is 0. The maximum atomic E-state index is 13.5. The molecule has 0 radical (unpaired) electrons. The quantitative estimate of drug-likeness (QED) is 0.889. The third-order valence-electron chi connectivity index (χ3n) is 7.18. The largest absolute Gasteiger partial charge is 0.393 e.